The van der Waals surface area contributed by atoms with E-state index < -0.39 is 5.69 Å². The summed E-state index contributed by atoms with van der Waals surface area (Å²) in [4.78, 5) is 29.5. The van der Waals surface area contributed by atoms with Gasteiger partial charge in [-0.2, -0.15) is 4.98 Å². The highest BCUT2D eigenvalue weighted by Gasteiger charge is 2.13. The van der Waals surface area contributed by atoms with Gasteiger partial charge in [-0.05, 0) is 47.5 Å². The Hall–Kier alpha value is -4.20. The van der Waals surface area contributed by atoms with E-state index in [1.807, 2.05) is 36.4 Å². The van der Waals surface area contributed by atoms with Crippen LogP contribution in [0.25, 0.3) is 10.9 Å². The molecule has 0 spiro atoms. The molecule has 0 atom stereocenters. The molecule has 0 aliphatic rings. The molecule has 168 valence electrons. The smallest absolute Gasteiger partial charge is 0.350 e. The molecule has 2 N–H and O–H groups in total. The van der Waals surface area contributed by atoms with E-state index in [1.54, 1.807) is 31.4 Å². The van der Waals surface area contributed by atoms with Crippen LogP contribution in [0.5, 0.6) is 5.75 Å². The summed E-state index contributed by atoms with van der Waals surface area (Å²) in [6, 6.07) is 20.7. The van der Waals surface area contributed by atoms with E-state index in [1.165, 1.54) is 16.7 Å². The van der Waals surface area contributed by atoms with Crippen molar-refractivity contribution in [2.75, 3.05) is 12.4 Å². The number of methoxy groups -OCH3 is 1. The van der Waals surface area contributed by atoms with Crippen LogP contribution in [0.2, 0.25) is 0 Å². The molecule has 0 saturated heterocycles. The molecule has 0 bridgehead atoms. The van der Waals surface area contributed by atoms with Crippen molar-refractivity contribution in [1.82, 2.24) is 14.9 Å². The van der Waals surface area contributed by atoms with E-state index in [0.29, 0.717) is 35.6 Å². The average molecular weight is 446 g/mol. The summed E-state index contributed by atoms with van der Waals surface area (Å²) >= 11 is 0. The molecule has 0 aliphatic heterocycles. The van der Waals surface area contributed by atoms with E-state index in [0.717, 1.165) is 11.1 Å². The van der Waals surface area contributed by atoms with Crippen molar-refractivity contribution < 1.29 is 13.9 Å². The van der Waals surface area contributed by atoms with Gasteiger partial charge in [-0.15, -0.1) is 0 Å². The Morgan fingerprint density at radius 2 is 1.79 bits per heavy atom. The average Bonchev–Trinajstić information content (AvgIpc) is 2.84. The molecule has 0 unspecified atom stereocenters. The summed E-state index contributed by atoms with van der Waals surface area (Å²) in [5, 5.41) is 6.68. The lowest BCUT2D eigenvalue weighted by atomic mass is 10.2. The standard InChI is InChI=1S/C25H23FN4O3/c1-33-20-6-4-5-18(13-20)15-27-23(31)16-30-22-8-3-2-7-21(22)24(29-25(30)32)28-14-17-9-11-19(26)12-10-17/h2-13H,14-16H2,1H3,(H,27,31)(H,28,29,32). The van der Waals surface area contributed by atoms with Crippen LogP contribution < -0.4 is 21.1 Å². The van der Waals surface area contributed by atoms with Gasteiger partial charge in [0.05, 0.1) is 12.6 Å². The maximum atomic E-state index is 13.1. The quantitative estimate of drug-likeness (QED) is 0.433. The third-order valence-electron chi connectivity index (χ3n) is 5.19. The largest absolute Gasteiger partial charge is 0.497 e. The zero-order valence-electron chi connectivity index (χ0n) is 18.0. The molecular formula is C25H23FN4O3. The number of ether oxygens (including phenoxy) is 1. The first kappa shape index (κ1) is 22.0. The number of carbonyl (C=O) groups excluding carboxylic acids is 1. The normalized spacial score (nSPS) is 10.7. The maximum absolute atomic E-state index is 13.1. The van der Waals surface area contributed by atoms with Gasteiger partial charge >= 0.3 is 5.69 Å². The summed E-state index contributed by atoms with van der Waals surface area (Å²) in [6.07, 6.45) is 0. The van der Waals surface area contributed by atoms with Gasteiger partial charge in [0.15, 0.2) is 0 Å². The number of carbonyl (C=O) groups is 1. The van der Waals surface area contributed by atoms with Crippen LogP contribution in [0, 0.1) is 5.82 Å². The molecule has 1 amide bonds. The minimum atomic E-state index is -0.535. The molecule has 4 aromatic rings. The Morgan fingerprint density at radius 3 is 2.58 bits per heavy atom. The van der Waals surface area contributed by atoms with Crippen molar-refractivity contribution in [3.05, 3.63) is 100 Å². The predicted octanol–water partition coefficient (Wildman–Crippen LogP) is 3.47. The fourth-order valence-electron chi connectivity index (χ4n) is 3.49. The van der Waals surface area contributed by atoms with Crippen molar-refractivity contribution in [2.24, 2.45) is 0 Å². The van der Waals surface area contributed by atoms with Gasteiger partial charge in [-0.25, -0.2) is 9.18 Å². The van der Waals surface area contributed by atoms with Gasteiger partial charge in [0.25, 0.3) is 0 Å². The number of hydrogen-bond donors (Lipinski definition) is 2. The van der Waals surface area contributed by atoms with Crippen LogP contribution in [-0.2, 0) is 24.4 Å². The molecule has 33 heavy (non-hydrogen) atoms. The zero-order valence-corrected chi connectivity index (χ0v) is 18.0. The third-order valence-corrected chi connectivity index (χ3v) is 5.19. The van der Waals surface area contributed by atoms with Crippen LogP contribution >= 0.6 is 0 Å². The second-order valence-electron chi connectivity index (χ2n) is 7.45. The van der Waals surface area contributed by atoms with Crippen molar-refractivity contribution in [2.45, 2.75) is 19.6 Å². The first-order valence-electron chi connectivity index (χ1n) is 10.4. The number of nitrogens with one attached hydrogen (secondary N) is 2. The van der Waals surface area contributed by atoms with Crippen molar-refractivity contribution in [3.8, 4) is 5.75 Å². The summed E-state index contributed by atoms with van der Waals surface area (Å²) in [5.41, 5.74) is 1.80. The molecule has 0 fully saturated rings. The number of hydrogen-bond acceptors (Lipinski definition) is 5. The van der Waals surface area contributed by atoms with Gasteiger partial charge < -0.3 is 15.4 Å². The molecule has 3 aromatic carbocycles. The predicted molar refractivity (Wildman–Crippen MR) is 125 cm³/mol. The number of benzene rings is 3. The SMILES string of the molecule is COc1cccc(CNC(=O)Cn2c(=O)nc(NCc3ccc(F)cc3)c3ccccc32)c1. The molecule has 0 saturated carbocycles. The Labute approximate surface area is 189 Å². The number of fused-ring (bicyclic) bond motifs is 1. The summed E-state index contributed by atoms with van der Waals surface area (Å²) in [6.45, 7) is 0.532. The molecule has 0 radical (unpaired) electrons. The number of amides is 1. The van der Waals surface area contributed by atoms with Gasteiger partial charge in [-0.1, -0.05) is 36.4 Å². The topological polar surface area (TPSA) is 85.2 Å². The number of nitrogens with zero attached hydrogens (tertiary/aromatic N) is 2. The van der Waals surface area contributed by atoms with E-state index in [2.05, 4.69) is 15.6 Å². The molecule has 4 rings (SSSR count). The van der Waals surface area contributed by atoms with E-state index >= 15 is 0 Å². The monoisotopic (exact) mass is 446 g/mol. The Kier molecular flexibility index (Phi) is 6.64. The fraction of sp³-hybridized carbons (Fsp3) is 0.160. The van der Waals surface area contributed by atoms with Crippen LogP contribution in [0.15, 0.2) is 77.6 Å². The number of halogens is 1. The Bertz CT molecular complexity index is 1340. The lowest BCUT2D eigenvalue weighted by Gasteiger charge is -2.14. The highest BCUT2D eigenvalue weighted by Crippen LogP contribution is 2.20. The number of aromatic nitrogens is 2. The van der Waals surface area contributed by atoms with Crippen LogP contribution in [0.3, 0.4) is 0 Å². The zero-order chi connectivity index (χ0) is 23.2. The van der Waals surface area contributed by atoms with Crippen molar-refractivity contribution >= 4 is 22.6 Å². The van der Waals surface area contributed by atoms with Gasteiger partial charge in [0, 0.05) is 18.5 Å². The lowest BCUT2D eigenvalue weighted by Crippen LogP contribution is -2.33. The van der Waals surface area contributed by atoms with E-state index in [4.69, 9.17) is 4.74 Å². The number of rotatable bonds is 8. The van der Waals surface area contributed by atoms with Gasteiger partial charge in [0.2, 0.25) is 5.91 Å². The second kappa shape index (κ2) is 9.95. The highest BCUT2D eigenvalue weighted by molar-refractivity contribution is 5.90. The number of para-hydroxylation sites is 1. The third kappa shape index (κ3) is 5.35. The first-order chi connectivity index (χ1) is 16.0. The fourth-order valence-corrected chi connectivity index (χ4v) is 3.49. The molecular weight excluding hydrogens is 423 g/mol. The maximum Gasteiger partial charge on any atom is 0.350 e. The first-order valence-corrected chi connectivity index (χ1v) is 10.4. The summed E-state index contributed by atoms with van der Waals surface area (Å²) in [5.74, 6) is 0.498. The molecule has 8 heteroatoms. The highest BCUT2D eigenvalue weighted by atomic mass is 19.1. The number of anilines is 1. The summed E-state index contributed by atoms with van der Waals surface area (Å²) < 4.78 is 19.7. The van der Waals surface area contributed by atoms with Crippen LogP contribution in [0.4, 0.5) is 10.2 Å². The molecule has 7 nitrogen and oxygen atoms in total. The summed E-state index contributed by atoms with van der Waals surface area (Å²) in [7, 11) is 1.58. The molecule has 0 aliphatic carbocycles. The van der Waals surface area contributed by atoms with E-state index in [-0.39, 0.29) is 18.3 Å². The van der Waals surface area contributed by atoms with Crippen LogP contribution in [0.1, 0.15) is 11.1 Å². The minimum absolute atomic E-state index is 0.158. The molecule has 1 heterocycles. The van der Waals surface area contributed by atoms with Crippen molar-refractivity contribution in [1.29, 1.82) is 0 Å². The minimum Gasteiger partial charge on any atom is -0.497 e. The van der Waals surface area contributed by atoms with Gasteiger partial charge in [0.1, 0.15) is 23.9 Å². The van der Waals surface area contributed by atoms with E-state index in [9.17, 15) is 14.0 Å². The lowest BCUT2D eigenvalue weighted by molar-refractivity contribution is -0.121. The Morgan fingerprint density at radius 1 is 1.00 bits per heavy atom. The second-order valence-corrected chi connectivity index (χ2v) is 7.45. The van der Waals surface area contributed by atoms with Crippen molar-refractivity contribution in [3.63, 3.8) is 0 Å². The molecule has 1 aromatic heterocycles. The van der Waals surface area contributed by atoms with Crippen LogP contribution in [-0.4, -0.2) is 22.6 Å². The Balaban J connectivity index is 1.51. The van der Waals surface area contributed by atoms with Gasteiger partial charge in [-0.3, -0.25) is 9.36 Å².